The zero-order valence-electron chi connectivity index (χ0n) is 18.0. The summed E-state index contributed by atoms with van der Waals surface area (Å²) in [6.45, 7) is 2.05. The summed E-state index contributed by atoms with van der Waals surface area (Å²) < 4.78 is 29.9. The van der Waals surface area contributed by atoms with E-state index in [1.165, 1.54) is 12.1 Å². The SMILES string of the molecule is C[C@@H](NC(=O)c1cccc(S(=O)(=O)NCc2ccccc2)c1)c1ccc(-n2ccnc2)cc1. The van der Waals surface area contributed by atoms with Gasteiger partial charge >= 0.3 is 0 Å². The molecule has 1 aromatic heterocycles. The zero-order valence-corrected chi connectivity index (χ0v) is 18.9. The van der Waals surface area contributed by atoms with Crippen molar-refractivity contribution in [3.05, 3.63) is 114 Å². The zero-order chi connectivity index (χ0) is 23.3. The quantitative estimate of drug-likeness (QED) is 0.418. The molecule has 0 spiro atoms. The molecule has 0 radical (unpaired) electrons. The molecule has 168 valence electrons. The average molecular weight is 461 g/mol. The summed E-state index contributed by atoms with van der Waals surface area (Å²) in [6.07, 6.45) is 5.29. The van der Waals surface area contributed by atoms with Crippen LogP contribution in [0.1, 0.15) is 34.5 Å². The van der Waals surface area contributed by atoms with Crippen LogP contribution in [0, 0.1) is 0 Å². The third kappa shape index (κ3) is 5.54. The number of nitrogens with zero attached hydrogens (tertiary/aromatic N) is 2. The molecular formula is C25H24N4O3S. The highest BCUT2D eigenvalue weighted by Gasteiger charge is 2.17. The molecule has 3 aromatic carbocycles. The van der Waals surface area contributed by atoms with Crippen LogP contribution in [0.15, 0.2) is 102 Å². The van der Waals surface area contributed by atoms with Crippen molar-refractivity contribution in [3.63, 3.8) is 0 Å². The van der Waals surface area contributed by atoms with Gasteiger partial charge in [0.05, 0.1) is 17.3 Å². The average Bonchev–Trinajstić information content (AvgIpc) is 3.39. The molecule has 7 nitrogen and oxygen atoms in total. The molecule has 1 atom stereocenters. The van der Waals surface area contributed by atoms with Gasteiger partial charge in [0, 0.05) is 30.2 Å². The molecule has 1 heterocycles. The van der Waals surface area contributed by atoms with Crippen molar-refractivity contribution in [1.29, 1.82) is 0 Å². The Bertz CT molecular complexity index is 1320. The van der Waals surface area contributed by atoms with E-state index >= 15 is 0 Å². The van der Waals surface area contributed by atoms with Crippen LogP contribution in [0.25, 0.3) is 5.69 Å². The van der Waals surface area contributed by atoms with Crippen molar-refractivity contribution in [2.45, 2.75) is 24.4 Å². The molecule has 0 unspecified atom stereocenters. The van der Waals surface area contributed by atoms with Gasteiger partial charge < -0.3 is 9.88 Å². The number of hydrogen-bond acceptors (Lipinski definition) is 4. The van der Waals surface area contributed by atoms with E-state index in [9.17, 15) is 13.2 Å². The fourth-order valence-corrected chi connectivity index (χ4v) is 4.44. The number of benzene rings is 3. The van der Waals surface area contributed by atoms with Gasteiger partial charge in [-0.25, -0.2) is 18.1 Å². The Morgan fingerprint density at radius 2 is 1.76 bits per heavy atom. The molecule has 8 heteroatoms. The van der Waals surface area contributed by atoms with Crippen molar-refractivity contribution in [3.8, 4) is 5.69 Å². The van der Waals surface area contributed by atoms with Crippen molar-refractivity contribution < 1.29 is 13.2 Å². The molecule has 1 amide bonds. The molecule has 4 rings (SSSR count). The first-order valence-electron chi connectivity index (χ1n) is 10.5. The molecule has 0 aliphatic rings. The van der Waals surface area contributed by atoms with Crippen LogP contribution in [0.2, 0.25) is 0 Å². The van der Waals surface area contributed by atoms with E-state index in [4.69, 9.17) is 0 Å². The summed E-state index contributed by atoms with van der Waals surface area (Å²) in [4.78, 5) is 16.9. The van der Waals surface area contributed by atoms with Crippen molar-refractivity contribution in [1.82, 2.24) is 19.6 Å². The summed E-state index contributed by atoms with van der Waals surface area (Å²) in [7, 11) is -3.76. The Balaban J connectivity index is 1.42. The second-order valence-corrected chi connectivity index (χ2v) is 9.36. The van der Waals surface area contributed by atoms with Gasteiger partial charge in [-0.1, -0.05) is 48.5 Å². The van der Waals surface area contributed by atoms with Crippen LogP contribution in [-0.4, -0.2) is 23.9 Å². The number of hydrogen-bond donors (Lipinski definition) is 2. The predicted octanol–water partition coefficient (Wildman–Crippen LogP) is 3.84. The third-order valence-corrected chi connectivity index (χ3v) is 6.66. The molecule has 0 aliphatic carbocycles. The lowest BCUT2D eigenvalue weighted by Gasteiger charge is -2.15. The number of sulfonamides is 1. The van der Waals surface area contributed by atoms with Gasteiger partial charge in [0.1, 0.15) is 0 Å². The van der Waals surface area contributed by atoms with Crippen LogP contribution >= 0.6 is 0 Å². The molecule has 33 heavy (non-hydrogen) atoms. The van der Waals surface area contributed by atoms with Crippen molar-refractivity contribution >= 4 is 15.9 Å². The number of imidazole rings is 1. The Hall–Kier alpha value is -3.75. The van der Waals surface area contributed by atoms with E-state index in [-0.39, 0.29) is 29.0 Å². The molecule has 0 bridgehead atoms. The van der Waals surface area contributed by atoms with Gasteiger partial charge in [0.15, 0.2) is 0 Å². The molecule has 0 fully saturated rings. The Morgan fingerprint density at radius 1 is 1.00 bits per heavy atom. The van der Waals surface area contributed by atoms with Gasteiger partial charge in [-0.15, -0.1) is 0 Å². The van der Waals surface area contributed by atoms with E-state index < -0.39 is 10.0 Å². The number of nitrogens with one attached hydrogen (secondary N) is 2. The number of carbonyl (C=O) groups excluding carboxylic acids is 1. The van der Waals surface area contributed by atoms with Gasteiger partial charge in [-0.2, -0.15) is 0 Å². The highest BCUT2D eigenvalue weighted by molar-refractivity contribution is 7.89. The minimum Gasteiger partial charge on any atom is -0.346 e. The number of rotatable bonds is 8. The minimum absolute atomic E-state index is 0.0448. The van der Waals surface area contributed by atoms with Gasteiger partial charge in [0.2, 0.25) is 10.0 Å². The molecular weight excluding hydrogens is 436 g/mol. The Labute approximate surface area is 193 Å². The van der Waals surface area contributed by atoms with E-state index in [0.717, 1.165) is 16.8 Å². The number of aromatic nitrogens is 2. The molecule has 0 saturated heterocycles. The smallest absolute Gasteiger partial charge is 0.251 e. The van der Waals surface area contributed by atoms with Crippen molar-refractivity contribution in [2.75, 3.05) is 0 Å². The fraction of sp³-hybridized carbons (Fsp3) is 0.120. The lowest BCUT2D eigenvalue weighted by Crippen LogP contribution is -2.27. The lowest BCUT2D eigenvalue weighted by atomic mass is 10.1. The first kappa shape index (κ1) is 22.4. The van der Waals surface area contributed by atoms with Crippen LogP contribution in [-0.2, 0) is 16.6 Å². The summed E-state index contributed by atoms with van der Waals surface area (Å²) >= 11 is 0. The maximum atomic E-state index is 12.8. The summed E-state index contributed by atoms with van der Waals surface area (Å²) in [5, 5.41) is 2.93. The van der Waals surface area contributed by atoms with Crippen LogP contribution < -0.4 is 10.0 Å². The Morgan fingerprint density at radius 3 is 2.45 bits per heavy atom. The van der Waals surface area contributed by atoms with Gasteiger partial charge in [0.25, 0.3) is 5.91 Å². The summed E-state index contributed by atoms with van der Waals surface area (Å²) in [6, 6.07) is 22.8. The second-order valence-electron chi connectivity index (χ2n) is 7.59. The minimum atomic E-state index is -3.76. The molecule has 4 aromatic rings. The highest BCUT2D eigenvalue weighted by atomic mass is 32.2. The topological polar surface area (TPSA) is 93.1 Å². The Kier molecular flexibility index (Phi) is 6.67. The van der Waals surface area contributed by atoms with Crippen LogP contribution in [0.5, 0.6) is 0 Å². The molecule has 0 aliphatic heterocycles. The van der Waals surface area contributed by atoms with E-state index in [1.807, 2.05) is 72.3 Å². The van der Waals surface area contributed by atoms with Gasteiger partial charge in [-0.3, -0.25) is 4.79 Å². The van der Waals surface area contributed by atoms with Crippen molar-refractivity contribution in [2.24, 2.45) is 0 Å². The third-order valence-electron chi connectivity index (χ3n) is 5.26. The molecule has 0 saturated carbocycles. The standard InChI is InChI=1S/C25H24N4O3S/c1-19(21-10-12-23(13-11-21)29-15-14-26-18-29)28-25(30)22-8-5-9-24(16-22)33(31,32)27-17-20-6-3-2-4-7-20/h2-16,18-19,27H,17H2,1H3,(H,28,30)/t19-/m1/s1. The van der Waals surface area contributed by atoms with Crippen LogP contribution in [0.3, 0.4) is 0 Å². The van der Waals surface area contributed by atoms with E-state index in [1.54, 1.807) is 24.7 Å². The second kappa shape index (κ2) is 9.81. The van der Waals surface area contributed by atoms with E-state index in [0.29, 0.717) is 0 Å². The van der Waals surface area contributed by atoms with Gasteiger partial charge in [-0.05, 0) is 48.4 Å². The van der Waals surface area contributed by atoms with Crippen LogP contribution in [0.4, 0.5) is 0 Å². The largest absolute Gasteiger partial charge is 0.346 e. The number of amides is 1. The summed E-state index contributed by atoms with van der Waals surface area (Å²) in [5.41, 5.74) is 3.03. The maximum Gasteiger partial charge on any atom is 0.251 e. The fourth-order valence-electron chi connectivity index (χ4n) is 3.37. The molecule has 2 N–H and O–H groups in total. The first-order valence-corrected chi connectivity index (χ1v) is 11.9. The predicted molar refractivity (Wildman–Crippen MR) is 126 cm³/mol. The first-order chi connectivity index (χ1) is 15.9. The lowest BCUT2D eigenvalue weighted by molar-refractivity contribution is 0.0939. The number of carbonyl (C=O) groups is 1. The normalized spacial score (nSPS) is 12.3. The van der Waals surface area contributed by atoms with E-state index in [2.05, 4.69) is 15.0 Å². The monoisotopic (exact) mass is 460 g/mol. The highest BCUT2D eigenvalue weighted by Crippen LogP contribution is 2.18. The summed E-state index contributed by atoms with van der Waals surface area (Å²) in [5.74, 6) is -0.346. The maximum absolute atomic E-state index is 12.8.